The Kier molecular flexibility index (Phi) is 3.30. The Bertz CT molecular complexity index is 801. The molecule has 0 saturated carbocycles. The summed E-state index contributed by atoms with van der Waals surface area (Å²) in [5, 5.41) is 0. The summed E-state index contributed by atoms with van der Waals surface area (Å²) >= 11 is 0. The van der Waals surface area contributed by atoms with Gasteiger partial charge in [-0.1, -0.05) is 54.1 Å². The lowest BCUT2D eigenvalue weighted by Crippen LogP contribution is -2.18. The minimum absolute atomic E-state index is 0.406. The fourth-order valence-electron chi connectivity index (χ4n) is 3.59. The highest BCUT2D eigenvalue weighted by Gasteiger charge is 2.23. The molecule has 22 heavy (non-hydrogen) atoms. The second-order valence-electron chi connectivity index (χ2n) is 6.16. The SMILES string of the molecule is Cc1cccc(-c2ccccc2C2CCCc3cncn32)c1. The van der Waals surface area contributed by atoms with Crippen LogP contribution < -0.4 is 0 Å². The van der Waals surface area contributed by atoms with Gasteiger partial charge >= 0.3 is 0 Å². The summed E-state index contributed by atoms with van der Waals surface area (Å²) in [6, 6.07) is 18.0. The van der Waals surface area contributed by atoms with Crippen molar-refractivity contribution in [1.29, 1.82) is 0 Å². The van der Waals surface area contributed by atoms with Crippen LogP contribution in [0.2, 0.25) is 0 Å². The minimum Gasteiger partial charge on any atom is -0.327 e. The van der Waals surface area contributed by atoms with Crippen molar-refractivity contribution in [2.24, 2.45) is 0 Å². The Morgan fingerprint density at radius 3 is 2.91 bits per heavy atom. The first-order chi connectivity index (χ1) is 10.8. The summed E-state index contributed by atoms with van der Waals surface area (Å²) in [6.45, 7) is 2.15. The van der Waals surface area contributed by atoms with Crippen molar-refractivity contribution >= 4 is 0 Å². The molecule has 3 aromatic rings. The average Bonchev–Trinajstić information content (AvgIpc) is 3.03. The Morgan fingerprint density at radius 2 is 2.00 bits per heavy atom. The second-order valence-corrected chi connectivity index (χ2v) is 6.16. The van der Waals surface area contributed by atoms with Crippen LogP contribution in [0, 0.1) is 6.92 Å². The molecule has 1 aliphatic rings. The van der Waals surface area contributed by atoms with E-state index in [0.717, 1.165) is 6.42 Å². The number of imidazole rings is 1. The first-order valence-corrected chi connectivity index (χ1v) is 7.99. The van der Waals surface area contributed by atoms with E-state index in [-0.39, 0.29) is 0 Å². The summed E-state index contributed by atoms with van der Waals surface area (Å²) in [5.41, 5.74) is 6.72. The van der Waals surface area contributed by atoms with Crippen LogP contribution in [0.5, 0.6) is 0 Å². The van der Waals surface area contributed by atoms with E-state index in [1.807, 2.05) is 12.5 Å². The van der Waals surface area contributed by atoms with Crippen LogP contribution in [0.1, 0.15) is 35.7 Å². The van der Waals surface area contributed by atoms with E-state index >= 15 is 0 Å². The zero-order valence-corrected chi connectivity index (χ0v) is 12.9. The van der Waals surface area contributed by atoms with Crippen molar-refractivity contribution in [3.63, 3.8) is 0 Å². The van der Waals surface area contributed by atoms with E-state index in [9.17, 15) is 0 Å². The second kappa shape index (κ2) is 5.45. The van der Waals surface area contributed by atoms with Gasteiger partial charge in [0.1, 0.15) is 0 Å². The third-order valence-electron chi connectivity index (χ3n) is 4.64. The molecule has 1 unspecified atom stereocenters. The first kappa shape index (κ1) is 13.3. The van der Waals surface area contributed by atoms with E-state index in [1.165, 1.54) is 40.8 Å². The van der Waals surface area contributed by atoms with Crippen LogP contribution in [0.15, 0.2) is 61.1 Å². The molecular formula is C20H20N2. The van der Waals surface area contributed by atoms with Crippen molar-refractivity contribution in [3.05, 3.63) is 77.9 Å². The number of aromatic nitrogens is 2. The molecule has 0 N–H and O–H groups in total. The molecule has 1 aromatic heterocycles. The number of rotatable bonds is 2. The van der Waals surface area contributed by atoms with Gasteiger partial charge in [-0.3, -0.25) is 0 Å². The van der Waals surface area contributed by atoms with Gasteiger partial charge in [0, 0.05) is 11.9 Å². The van der Waals surface area contributed by atoms with Crippen molar-refractivity contribution in [2.75, 3.05) is 0 Å². The van der Waals surface area contributed by atoms with Gasteiger partial charge in [0.15, 0.2) is 0 Å². The summed E-state index contributed by atoms with van der Waals surface area (Å²) < 4.78 is 2.36. The van der Waals surface area contributed by atoms with Gasteiger partial charge in [0.05, 0.1) is 12.4 Å². The van der Waals surface area contributed by atoms with Crippen molar-refractivity contribution in [2.45, 2.75) is 32.2 Å². The third kappa shape index (κ3) is 2.25. The molecule has 110 valence electrons. The molecule has 2 heteroatoms. The molecule has 1 aliphatic heterocycles. The highest BCUT2D eigenvalue weighted by molar-refractivity contribution is 5.68. The van der Waals surface area contributed by atoms with Crippen LogP contribution in [-0.4, -0.2) is 9.55 Å². The van der Waals surface area contributed by atoms with Gasteiger partial charge < -0.3 is 4.57 Å². The summed E-state index contributed by atoms with van der Waals surface area (Å²) in [7, 11) is 0. The van der Waals surface area contributed by atoms with Gasteiger partial charge in [-0.15, -0.1) is 0 Å². The van der Waals surface area contributed by atoms with Crippen molar-refractivity contribution < 1.29 is 0 Å². The van der Waals surface area contributed by atoms with Crippen LogP contribution in [0.4, 0.5) is 0 Å². The topological polar surface area (TPSA) is 17.8 Å². The van der Waals surface area contributed by atoms with E-state index in [4.69, 9.17) is 0 Å². The molecule has 0 amide bonds. The lowest BCUT2D eigenvalue weighted by Gasteiger charge is -2.27. The molecule has 2 nitrogen and oxygen atoms in total. The Hall–Kier alpha value is -2.35. The summed E-state index contributed by atoms with van der Waals surface area (Å²) in [4.78, 5) is 4.36. The largest absolute Gasteiger partial charge is 0.327 e. The van der Waals surface area contributed by atoms with E-state index in [1.54, 1.807) is 0 Å². The maximum Gasteiger partial charge on any atom is 0.0953 e. The predicted molar refractivity (Wildman–Crippen MR) is 89.9 cm³/mol. The fraction of sp³-hybridized carbons (Fsp3) is 0.250. The molecule has 4 rings (SSSR count). The number of aryl methyl sites for hydroxylation is 2. The normalized spacial score (nSPS) is 17.2. The lowest BCUT2D eigenvalue weighted by molar-refractivity contribution is 0.458. The van der Waals surface area contributed by atoms with E-state index < -0.39 is 0 Å². The van der Waals surface area contributed by atoms with Crippen molar-refractivity contribution in [3.8, 4) is 11.1 Å². The maximum absolute atomic E-state index is 4.36. The van der Waals surface area contributed by atoms with E-state index in [0.29, 0.717) is 6.04 Å². The fourth-order valence-corrected chi connectivity index (χ4v) is 3.59. The Labute approximate surface area is 131 Å². The number of hydrogen-bond donors (Lipinski definition) is 0. The highest BCUT2D eigenvalue weighted by Crippen LogP contribution is 2.36. The third-order valence-corrected chi connectivity index (χ3v) is 4.64. The minimum atomic E-state index is 0.406. The average molecular weight is 288 g/mol. The Balaban J connectivity index is 1.85. The molecule has 1 atom stereocenters. The smallest absolute Gasteiger partial charge is 0.0953 e. The lowest BCUT2D eigenvalue weighted by atomic mass is 9.89. The number of hydrogen-bond acceptors (Lipinski definition) is 1. The number of nitrogens with zero attached hydrogens (tertiary/aromatic N) is 2. The highest BCUT2D eigenvalue weighted by atomic mass is 15.1. The molecule has 2 heterocycles. The van der Waals surface area contributed by atoms with Crippen LogP contribution in [0.25, 0.3) is 11.1 Å². The van der Waals surface area contributed by atoms with Crippen LogP contribution in [-0.2, 0) is 6.42 Å². The zero-order chi connectivity index (χ0) is 14.9. The van der Waals surface area contributed by atoms with Gasteiger partial charge in [-0.2, -0.15) is 0 Å². The molecule has 0 aliphatic carbocycles. The van der Waals surface area contributed by atoms with Gasteiger partial charge in [-0.05, 0) is 42.9 Å². The molecular weight excluding hydrogens is 268 g/mol. The summed E-state index contributed by atoms with van der Waals surface area (Å²) in [5.74, 6) is 0. The van der Waals surface area contributed by atoms with Crippen molar-refractivity contribution in [1.82, 2.24) is 9.55 Å². The van der Waals surface area contributed by atoms with Crippen LogP contribution >= 0.6 is 0 Å². The maximum atomic E-state index is 4.36. The molecule has 0 radical (unpaired) electrons. The first-order valence-electron chi connectivity index (χ1n) is 7.99. The quantitative estimate of drug-likeness (QED) is 0.663. The zero-order valence-electron chi connectivity index (χ0n) is 12.9. The standard InChI is InChI=1S/C20H20N2/c1-15-6-4-7-16(12-15)18-9-2-3-10-19(18)20-11-5-8-17-13-21-14-22(17)20/h2-4,6-7,9-10,12-14,20H,5,8,11H2,1H3. The van der Waals surface area contributed by atoms with Gasteiger partial charge in [0.2, 0.25) is 0 Å². The van der Waals surface area contributed by atoms with Gasteiger partial charge in [-0.25, -0.2) is 4.98 Å². The molecule has 0 fully saturated rings. The van der Waals surface area contributed by atoms with Crippen LogP contribution in [0.3, 0.4) is 0 Å². The van der Waals surface area contributed by atoms with Gasteiger partial charge in [0.25, 0.3) is 0 Å². The molecule has 2 aromatic carbocycles. The van der Waals surface area contributed by atoms with E-state index in [2.05, 4.69) is 65.0 Å². The molecule has 0 bridgehead atoms. The summed E-state index contributed by atoms with van der Waals surface area (Å²) in [6.07, 6.45) is 7.57. The molecule has 0 spiro atoms. The predicted octanol–water partition coefficient (Wildman–Crippen LogP) is 4.78. The monoisotopic (exact) mass is 288 g/mol. The number of benzene rings is 2. The number of fused-ring (bicyclic) bond motifs is 1. The Morgan fingerprint density at radius 1 is 1.09 bits per heavy atom. The molecule has 0 saturated heterocycles.